The lowest BCUT2D eigenvalue weighted by Gasteiger charge is -2.05. The van der Waals surface area contributed by atoms with E-state index in [0.717, 1.165) is 0 Å². The summed E-state index contributed by atoms with van der Waals surface area (Å²) in [7, 11) is 0. The van der Waals surface area contributed by atoms with Crippen molar-refractivity contribution >= 4 is 33.9 Å². The molecule has 3 aromatic heterocycles. The molecule has 23 heavy (non-hydrogen) atoms. The van der Waals surface area contributed by atoms with Crippen molar-refractivity contribution in [2.45, 2.75) is 6.92 Å². The van der Waals surface area contributed by atoms with E-state index < -0.39 is 0 Å². The number of aromatic nitrogens is 4. The van der Waals surface area contributed by atoms with E-state index in [1.54, 1.807) is 43.5 Å². The van der Waals surface area contributed by atoms with E-state index in [1.807, 2.05) is 0 Å². The second-order valence-corrected chi connectivity index (χ2v) is 4.97. The Labute approximate surface area is 130 Å². The lowest BCUT2D eigenvalue weighted by Crippen LogP contribution is -2.13. The maximum atomic E-state index is 12.3. The zero-order chi connectivity index (χ0) is 15.8. The average molecular weight is 305 g/mol. The fourth-order valence-electron chi connectivity index (χ4n) is 2.30. The van der Waals surface area contributed by atoms with E-state index in [-0.39, 0.29) is 11.6 Å². The van der Waals surface area contributed by atoms with Gasteiger partial charge in [-0.1, -0.05) is 0 Å². The van der Waals surface area contributed by atoms with Crippen LogP contribution in [0.25, 0.3) is 22.3 Å². The number of aryl methyl sites for hydroxylation is 1. The van der Waals surface area contributed by atoms with Crippen LogP contribution in [0.4, 0.5) is 5.69 Å². The minimum atomic E-state index is -0.322. The molecular weight excluding hydrogens is 294 g/mol. The molecule has 0 saturated heterocycles. The quantitative estimate of drug-likeness (QED) is 0.612. The first-order valence-corrected chi connectivity index (χ1v) is 6.95. The Morgan fingerprint density at radius 1 is 1.04 bits per heavy atom. The van der Waals surface area contributed by atoms with Crippen molar-refractivity contribution in [2.24, 2.45) is 0 Å². The molecular formula is C16H11N5O2. The molecule has 0 atom stereocenters. The van der Waals surface area contributed by atoms with Crippen molar-refractivity contribution < 1.29 is 9.21 Å². The predicted octanol–water partition coefficient (Wildman–Crippen LogP) is 2.73. The number of hydrogen-bond donors (Lipinski definition) is 1. The summed E-state index contributed by atoms with van der Waals surface area (Å²) >= 11 is 0. The number of nitrogens with one attached hydrogen (secondary N) is 1. The fourth-order valence-corrected chi connectivity index (χ4v) is 2.30. The van der Waals surface area contributed by atoms with Gasteiger partial charge in [-0.25, -0.2) is 15.0 Å². The Balaban J connectivity index is 1.64. The van der Waals surface area contributed by atoms with Gasteiger partial charge in [0, 0.05) is 25.0 Å². The Morgan fingerprint density at radius 3 is 2.83 bits per heavy atom. The molecule has 0 spiro atoms. The van der Waals surface area contributed by atoms with Gasteiger partial charge < -0.3 is 9.73 Å². The molecule has 0 saturated carbocycles. The third kappa shape index (κ3) is 2.48. The number of anilines is 1. The molecule has 4 aromatic rings. The van der Waals surface area contributed by atoms with Crippen molar-refractivity contribution in [1.29, 1.82) is 0 Å². The molecule has 0 radical (unpaired) electrons. The molecule has 0 aliphatic carbocycles. The van der Waals surface area contributed by atoms with Gasteiger partial charge >= 0.3 is 0 Å². The smallest absolute Gasteiger partial charge is 0.274 e. The van der Waals surface area contributed by atoms with Gasteiger partial charge in [-0.2, -0.15) is 0 Å². The number of carbonyl (C=O) groups is 1. The van der Waals surface area contributed by atoms with Gasteiger partial charge in [0.05, 0.1) is 0 Å². The van der Waals surface area contributed by atoms with Gasteiger partial charge in [0.25, 0.3) is 5.91 Å². The summed E-state index contributed by atoms with van der Waals surface area (Å²) < 4.78 is 5.41. The standard InChI is InChI=1S/C16H11N5O2/c1-9-19-13-8-10(2-5-14(13)23-9)20-16(22)12-4-3-11-15(21-12)18-7-6-17-11/h2-8H,1H3,(H,20,22). The van der Waals surface area contributed by atoms with Gasteiger partial charge in [-0.15, -0.1) is 0 Å². The maximum absolute atomic E-state index is 12.3. The van der Waals surface area contributed by atoms with Crippen LogP contribution in [0.5, 0.6) is 0 Å². The second-order valence-electron chi connectivity index (χ2n) is 4.97. The minimum Gasteiger partial charge on any atom is -0.441 e. The van der Waals surface area contributed by atoms with Crippen LogP contribution in [0.1, 0.15) is 16.4 Å². The molecule has 0 aliphatic heterocycles. The summed E-state index contributed by atoms with van der Waals surface area (Å²) in [5, 5.41) is 2.79. The first-order chi connectivity index (χ1) is 11.2. The third-order valence-corrected chi connectivity index (χ3v) is 3.32. The lowest BCUT2D eigenvalue weighted by atomic mass is 10.2. The molecule has 7 nitrogen and oxygen atoms in total. The van der Waals surface area contributed by atoms with E-state index in [0.29, 0.717) is 33.8 Å². The highest BCUT2D eigenvalue weighted by atomic mass is 16.3. The molecule has 0 unspecified atom stereocenters. The number of pyridine rings is 1. The lowest BCUT2D eigenvalue weighted by molar-refractivity contribution is 0.102. The monoisotopic (exact) mass is 305 g/mol. The normalized spacial score (nSPS) is 11.0. The van der Waals surface area contributed by atoms with Crippen LogP contribution >= 0.6 is 0 Å². The van der Waals surface area contributed by atoms with Crippen LogP contribution in [-0.2, 0) is 0 Å². The molecule has 0 bridgehead atoms. The molecule has 1 aromatic carbocycles. The van der Waals surface area contributed by atoms with E-state index in [4.69, 9.17) is 4.42 Å². The number of carbonyl (C=O) groups excluding carboxylic acids is 1. The highest BCUT2D eigenvalue weighted by Gasteiger charge is 2.11. The molecule has 0 fully saturated rings. The number of oxazole rings is 1. The Hall–Kier alpha value is -3.35. The highest BCUT2D eigenvalue weighted by Crippen LogP contribution is 2.20. The molecule has 1 amide bonds. The van der Waals surface area contributed by atoms with Crippen molar-refractivity contribution in [3.8, 4) is 0 Å². The van der Waals surface area contributed by atoms with Crippen LogP contribution in [0.3, 0.4) is 0 Å². The number of amides is 1. The van der Waals surface area contributed by atoms with Gasteiger partial charge in [0.15, 0.2) is 17.1 Å². The van der Waals surface area contributed by atoms with Gasteiger partial charge in [-0.05, 0) is 30.3 Å². The van der Waals surface area contributed by atoms with Crippen LogP contribution in [0.15, 0.2) is 47.1 Å². The van der Waals surface area contributed by atoms with Gasteiger partial charge in [0.2, 0.25) is 0 Å². The van der Waals surface area contributed by atoms with E-state index >= 15 is 0 Å². The number of benzene rings is 1. The molecule has 7 heteroatoms. The third-order valence-electron chi connectivity index (χ3n) is 3.32. The molecule has 4 rings (SSSR count). The van der Waals surface area contributed by atoms with Gasteiger partial charge in [-0.3, -0.25) is 9.78 Å². The van der Waals surface area contributed by atoms with E-state index in [9.17, 15) is 4.79 Å². The van der Waals surface area contributed by atoms with Crippen LogP contribution in [-0.4, -0.2) is 25.8 Å². The van der Waals surface area contributed by atoms with Gasteiger partial charge in [0.1, 0.15) is 16.7 Å². The summed E-state index contributed by atoms with van der Waals surface area (Å²) in [5.41, 5.74) is 3.34. The summed E-state index contributed by atoms with van der Waals surface area (Å²) in [4.78, 5) is 29.0. The summed E-state index contributed by atoms with van der Waals surface area (Å²) in [5.74, 6) is 0.260. The molecule has 112 valence electrons. The van der Waals surface area contributed by atoms with Crippen molar-refractivity contribution in [2.75, 3.05) is 5.32 Å². The molecule has 3 heterocycles. The van der Waals surface area contributed by atoms with Crippen molar-refractivity contribution in [3.63, 3.8) is 0 Å². The first-order valence-electron chi connectivity index (χ1n) is 6.95. The first kappa shape index (κ1) is 13.3. The SMILES string of the molecule is Cc1nc2cc(NC(=O)c3ccc4nccnc4n3)ccc2o1. The Kier molecular flexibility index (Phi) is 2.97. The van der Waals surface area contributed by atoms with E-state index in [2.05, 4.69) is 25.3 Å². The summed E-state index contributed by atoms with van der Waals surface area (Å²) in [6, 6.07) is 8.61. The fraction of sp³-hybridized carbons (Fsp3) is 0.0625. The zero-order valence-corrected chi connectivity index (χ0v) is 12.1. The van der Waals surface area contributed by atoms with Crippen molar-refractivity contribution in [3.05, 3.63) is 54.3 Å². The molecule has 0 aliphatic rings. The topological polar surface area (TPSA) is 93.8 Å². The number of fused-ring (bicyclic) bond motifs is 2. The van der Waals surface area contributed by atoms with Crippen LogP contribution < -0.4 is 5.32 Å². The minimum absolute atomic E-state index is 0.273. The summed E-state index contributed by atoms with van der Waals surface area (Å²) in [6.45, 7) is 1.78. The molecule has 1 N–H and O–H groups in total. The zero-order valence-electron chi connectivity index (χ0n) is 12.1. The van der Waals surface area contributed by atoms with E-state index in [1.165, 1.54) is 6.20 Å². The Morgan fingerprint density at radius 2 is 1.91 bits per heavy atom. The predicted molar refractivity (Wildman–Crippen MR) is 84.0 cm³/mol. The second kappa shape index (κ2) is 5.13. The number of nitrogens with zero attached hydrogens (tertiary/aromatic N) is 4. The largest absolute Gasteiger partial charge is 0.441 e. The number of hydrogen-bond acceptors (Lipinski definition) is 6. The highest BCUT2D eigenvalue weighted by molar-refractivity contribution is 6.04. The maximum Gasteiger partial charge on any atom is 0.274 e. The van der Waals surface area contributed by atoms with Crippen LogP contribution in [0, 0.1) is 6.92 Å². The van der Waals surface area contributed by atoms with Crippen LogP contribution in [0.2, 0.25) is 0 Å². The number of rotatable bonds is 2. The average Bonchev–Trinajstić information content (AvgIpc) is 2.93. The van der Waals surface area contributed by atoms with Crippen molar-refractivity contribution in [1.82, 2.24) is 19.9 Å². The Bertz CT molecular complexity index is 1040. The summed E-state index contributed by atoms with van der Waals surface area (Å²) in [6.07, 6.45) is 3.12.